The van der Waals surface area contributed by atoms with Crippen LogP contribution in [0.15, 0.2) is 11.6 Å². The van der Waals surface area contributed by atoms with Crippen LogP contribution in [0.2, 0.25) is 0 Å². The first kappa shape index (κ1) is 61.9. The molecule has 0 aromatic rings. The normalized spacial score (nSPS) is 51.0. The molecule has 15 N–H and O–H groups in total. The van der Waals surface area contributed by atoms with Crippen LogP contribution in [0.5, 0.6) is 0 Å². The Kier molecular flexibility index (Phi) is 18.9. The predicted molar refractivity (Wildman–Crippen MR) is 266 cm³/mol. The summed E-state index contributed by atoms with van der Waals surface area (Å²) in [4.78, 5) is 0. The highest BCUT2D eigenvalue weighted by molar-refractivity contribution is 5.32. The lowest BCUT2D eigenvalue weighted by atomic mass is 9.38. The first-order valence-electron chi connectivity index (χ1n) is 27.9. The van der Waals surface area contributed by atoms with Gasteiger partial charge < -0.3 is 114 Å². The molecule has 1 unspecified atom stereocenters. The SMILES string of the molecule is C[C@H](CC[C@@H](O[C@@H]1O[C@H](CO)[C@@H](O)[C@H](O)[C@H]1O[C@@H]1O[C@H](CO)C[C@H](O)[C@H]1O)C(C)(C)O)C1CC[C@@]2(C)[C@@H]3CC=C4[C@@H](CC[C@H](O[C@@H]5O[C@H](CO)[C@@H](O[C@@H]6O[C@H](CO)[C@@H](O)[C@H](O)[C@H]6O)[C@H](O)[C@H]5O)C4(C)C)[C@]3(C)[C@H](O)C[C@]12C. The summed E-state index contributed by atoms with van der Waals surface area (Å²) in [5, 5.41) is 162. The molecule has 23 nitrogen and oxygen atoms in total. The summed E-state index contributed by atoms with van der Waals surface area (Å²) >= 11 is 0. The van der Waals surface area contributed by atoms with Gasteiger partial charge in [-0.05, 0) is 99.7 Å². The number of fused-ring (bicyclic) bond motifs is 5. The second kappa shape index (κ2) is 23.5. The van der Waals surface area contributed by atoms with Gasteiger partial charge in [0.2, 0.25) is 0 Å². The molecule has 446 valence electrons. The molecule has 77 heavy (non-hydrogen) atoms. The molecular weight excluding hydrogens is 1020 g/mol. The van der Waals surface area contributed by atoms with Crippen LogP contribution in [0.25, 0.3) is 0 Å². The summed E-state index contributed by atoms with van der Waals surface area (Å²) in [5.41, 5.74) is -2.01. The minimum atomic E-state index is -1.80. The Bertz CT molecular complexity index is 1990. The Morgan fingerprint density at radius 2 is 1.17 bits per heavy atom. The Hall–Kier alpha value is -1.18. The van der Waals surface area contributed by atoms with Crippen LogP contribution in [0.3, 0.4) is 0 Å². The predicted octanol–water partition coefficient (Wildman–Crippen LogP) is -2.20. The van der Waals surface area contributed by atoms with E-state index in [0.717, 1.165) is 18.4 Å². The third kappa shape index (κ3) is 11.0. The van der Waals surface area contributed by atoms with Gasteiger partial charge in [0, 0.05) is 17.3 Å². The third-order valence-electron chi connectivity index (χ3n) is 20.7. The van der Waals surface area contributed by atoms with Crippen LogP contribution in [0.4, 0.5) is 0 Å². The maximum absolute atomic E-state index is 12.7. The van der Waals surface area contributed by atoms with Crippen LogP contribution in [-0.4, -0.2) is 244 Å². The molecule has 7 fully saturated rings. The van der Waals surface area contributed by atoms with Gasteiger partial charge in [0.05, 0.1) is 62.5 Å². The standard InChI is InChI=1S/C54H92O23/c1-23(9-13-35(51(4,5)69)75-49-45(40(65)38(63)30(21-57)72-49)77-46-36(61)28(59)17-24(19-55)70-46)25-15-16-52(6)32-12-10-26-27(54(32,8)33(60)18-53(25,52)7)11-14-34(50(26,2)3)74-47-43(68)41(66)44(31(22-58)73-47)76-48-42(67)39(64)37(62)29(20-56)71-48/h10,23-25,27-49,55-69H,9,11-22H2,1-8H3/t23-,24+,25?,27-,28+,29-,30-,31-,32+,33-,34+,35-,36-,37-,38-,39+,40+,41-,42-,43-,44-,45-,46+,47+,48+,49+,52+,53-,54+/m1/s1. The summed E-state index contributed by atoms with van der Waals surface area (Å²) in [7, 11) is 0. The highest BCUT2D eigenvalue weighted by Crippen LogP contribution is 2.75. The first-order chi connectivity index (χ1) is 36.0. The van der Waals surface area contributed by atoms with E-state index in [4.69, 9.17) is 37.9 Å². The molecule has 0 aromatic carbocycles. The average molecular weight is 1110 g/mol. The van der Waals surface area contributed by atoms with E-state index in [-0.39, 0.29) is 40.9 Å². The lowest BCUT2D eigenvalue weighted by molar-refractivity contribution is -0.369. The monoisotopic (exact) mass is 1110 g/mol. The van der Waals surface area contributed by atoms with Crippen LogP contribution in [0, 0.1) is 45.3 Å². The fourth-order valence-electron chi connectivity index (χ4n) is 15.7. The number of aliphatic hydroxyl groups excluding tert-OH is 14. The highest BCUT2D eigenvalue weighted by atomic mass is 16.8. The molecule has 0 radical (unpaired) electrons. The van der Waals surface area contributed by atoms with E-state index in [1.54, 1.807) is 13.8 Å². The van der Waals surface area contributed by atoms with Crippen LogP contribution in [0.1, 0.15) is 113 Å². The molecule has 0 aromatic heterocycles. The van der Waals surface area contributed by atoms with E-state index in [1.807, 2.05) is 0 Å². The van der Waals surface area contributed by atoms with Gasteiger partial charge in [0.25, 0.3) is 0 Å². The number of rotatable bonds is 17. The van der Waals surface area contributed by atoms with Gasteiger partial charge in [0.15, 0.2) is 25.2 Å². The zero-order valence-corrected chi connectivity index (χ0v) is 45.8. The number of aliphatic hydroxyl groups is 15. The molecule has 8 rings (SSSR count). The summed E-state index contributed by atoms with van der Waals surface area (Å²) in [6.07, 6.45) is -23.5. The minimum absolute atomic E-state index is 0.0214. The maximum Gasteiger partial charge on any atom is 0.187 e. The summed E-state index contributed by atoms with van der Waals surface area (Å²) in [5.74, 6) is 0.313. The average Bonchev–Trinajstić information content (AvgIpc) is 3.65. The molecular formula is C54H92O23. The lowest BCUT2D eigenvalue weighted by Crippen LogP contribution is -2.66. The molecule has 4 heterocycles. The zero-order valence-electron chi connectivity index (χ0n) is 45.8. The second-order valence-electron chi connectivity index (χ2n) is 25.7. The first-order valence-corrected chi connectivity index (χ1v) is 27.9. The van der Waals surface area contributed by atoms with Crippen molar-refractivity contribution in [1.29, 1.82) is 0 Å². The van der Waals surface area contributed by atoms with Crippen molar-refractivity contribution in [2.75, 3.05) is 26.4 Å². The Morgan fingerprint density at radius 3 is 1.79 bits per heavy atom. The molecule has 8 aliphatic rings. The van der Waals surface area contributed by atoms with Crippen LogP contribution < -0.4 is 0 Å². The van der Waals surface area contributed by atoms with E-state index in [9.17, 15) is 76.6 Å². The summed E-state index contributed by atoms with van der Waals surface area (Å²) < 4.78 is 47.9. The molecule has 3 saturated carbocycles. The lowest BCUT2D eigenvalue weighted by Gasteiger charge is -2.67. The molecule has 29 atom stereocenters. The minimum Gasteiger partial charge on any atom is -0.394 e. The van der Waals surface area contributed by atoms with E-state index in [1.165, 1.54) is 0 Å². The van der Waals surface area contributed by atoms with Gasteiger partial charge in [-0.1, -0.05) is 53.2 Å². The molecule has 0 spiro atoms. The molecule has 0 amide bonds. The van der Waals surface area contributed by atoms with Gasteiger partial charge in [-0.25, -0.2) is 0 Å². The van der Waals surface area contributed by atoms with E-state index >= 15 is 0 Å². The van der Waals surface area contributed by atoms with Gasteiger partial charge in [-0.3, -0.25) is 0 Å². The van der Waals surface area contributed by atoms with Gasteiger partial charge in [0.1, 0.15) is 79.4 Å². The Morgan fingerprint density at radius 1 is 0.610 bits per heavy atom. The van der Waals surface area contributed by atoms with Gasteiger partial charge >= 0.3 is 0 Å². The molecule has 4 aliphatic heterocycles. The van der Waals surface area contributed by atoms with E-state index < -0.39 is 178 Å². The summed E-state index contributed by atoms with van der Waals surface area (Å²) in [6, 6.07) is 0. The van der Waals surface area contributed by atoms with Crippen molar-refractivity contribution in [1.82, 2.24) is 0 Å². The summed E-state index contributed by atoms with van der Waals surface area (Å²) in [6.45, 7) is 13.8. The second-order valence-corrected chi connectivity index (χ2v) is 25.7. The van der Waals surface area contributed by atoms with E-state index in [2.05, 4.69) is 47.6 Å². The Balaban J connectivity index is 0.941. The highest BCUT2D eigenvalue weighted by Gasteiger charge is 2.70. The molecule has 0 bridgehead atoms. The number of hydrogen-bond donors (Lipinski definition) is 15. The van der Waals surface area contributed by atoms with Crippen LogP contribution in [-0.2, 0) is 37.9 Å². The van der Waals surface area contributed by atoms with Crippen LogP contribution >= 0.6 is 0 Å². The smallest absolute Gasteiger partial charge is 0.187 e. The fraction of sp³-hybridized carbons (Fsp3) is 0.963. The van der Waals surface area contributed by atoms with Crippen molar-refractivity contribution in [2.24, 2.45) is 45.3 Å². The van der Waals surface area contributed by atoms with Crippen molar-refractivity contribution in [3.05, 3.63) is 11.6 Å². The van der Waals surface area contributed by atoms with Crippen molar-refractivity contribution < 1.29 is 114 Å². The molecule has 23 heteroatoms. The maximum atomic E-state index is 12.7. The topological polar surface area (TPSA) is 377 Å². The van der Waals surface area contributed by atoms with E-state index in [0.29, 0.717) is 38.5 Å². The van der Waals surface area contributed by atoms with Crippen molar-refractivity contribution in [3.63, 3.8) is 0 Å². The van der Waals surface area contributed by atoms with Crippen molar-refractivity contribution >= 4 is 0 Å². The van der Waals surface area contributed by atoms with Gasteiger partial charge in [-0.15, -0.1) is 0 Å². The van der Waals surface area contributed by atoms with Crippen molar-refractivity contribution in [2.45, 2.75) is 254 Å². The number of ether oxygens (including phenoxy) is 8. The zero-order chi connectivity index (χ0) is 56.6. The number of hydrogen-bond acceptors (Lipinski definition) is 23. The Labute approximate surface area is 450 Å². The van der Waals surface area contributed by atoms with Gasteiger partial charge in [-0.2, -0.15) is 0 Å². The quantitative estimate of drug-likeness (QED) is 0.0687. The number of allylic oxidation sites excluding steroid dienone is 1. The largest absolute Gasteiger partial charge is 0.394 e. The molecule has 4 saturated heterocycles. The molecule has 4 aliphatic carbocycles. The third-order valence-corrected chi connectivity index (χ3v) is 20.7. The van der Waals surface area contributed by atoms with Crippen molar-refractivity contribution in [3.8, 4) is 0 Å². The fourth-order valence-corrected chi connectivity index (χ4v) is 15.7.